The number of aryl methyl sites for hydroxylation is 1. The lowest BCUT2D eigenvalue weighted by Gasteiger charge is -2.12. The van der Waals surface area contributed by atoms with Crippen LogP contribution in [-0.4, -0.2) is 23.1 Å². The van der Waals surface area contributed by atoms with Crippen molar-refractivity contribution >= 4 is 29.3 Å². The first-order chi connectivity index (χ1) is 10.5. The van der Waals surface area contributed by atoms with Crippen LogP contribution >= 0.6 is 11.6 Å². The summed E-state index contributed by atoms with van der Waals surface area (Å²) in [5.41, 5.74) is 0.647. The third kappa shape index (κ3) is 4.33. The zero-order chi connectivity index (χ0) is 16.1. The molecule has 0 saturated heterocycles. The first-order valence-electron chi connectivity index (χ1n) is 6.63. The summed E-state index contributed by atoms with van der Waals surface area (Å²) in [5.74, 6) is -0.178. The minimum absolute atomic E-state index is 0.000359. The molecule has 6 nitrogen and oxygen atoms in total. The smallest absolute Gasteiger partial charge is 0.311 e. The Morgan fingerprint density at radius 3 is 2.77 bits per heavy atom. The van der Waals surface area contributed by atoms with E-state index in [1.54, 1.807) is 37.3 Å². The molecular formula is C15H15ClN2O4. The molecule has 1 aromatic heterocycles. The molecule has 2 aromatic rings. The van der Waals surface area contributed by atoms with Gasteiger partial charge < -0.3 is 14.6 Å². The van der Waals surface area contributed by atoms with Gasteiger partial charge in [0.25, 0.3) is 5.91 Å². The zero-order valence-corrected chi connectivity index (χ0v) is 12.9. The normalized spacial score (nSPS) is 11.8. The summed E-state index contributed by atoms with van der Waals surface area (Å²) in [5, 5.41) is 6.61. The van der Waals surface area contributed by atoms with E-state index in [-0.39, 0.29) is 12.2 Å². The number of carbonyl (C=O) groups excluding carboxylic acids is 2. The molecule has 22 heavy (non-hydrogen) atoms. The second-order valence-electron chi connectivity index (χ2n) is 4.71. The number of carbonyl (C=O) groups is 2. The Morgan fingerprint density at radius 1 is 1.41 bits per heavy atom. The maximum absolute atomic E-state index is 11.9. The molecule has 1 heterocycles. The number of amides is 1. The van der Waals surface area contributed by atoms with Gasteiger partial charge in [-0.15, -0.1) is 0 Å². The summed E-state index contributed by atoms with van der Waals surface area (Å²) in [7, 11) is 0. The number of ether oxygens (including phenoxy) is 1. The molecule has 1 aromatic carbocycles. The molecule has 1 atom stereocenters. The second kappa shape index (κ2) is 7.09. The van der Waals surface area contributed by atoms with E-state index in [2.05, 4.69) is 10.5 Å². The average molecular weight is 323 g/mol. The molecule has 0 saturated carbocycles. The van der Waals surface area contributed by atoms with Gasteiger partial charge in [-0.05, 0) is 25.5 Å². The van der Waals surface area contributed by atoms with Crippen LogP contribution in [0.3, 0.4) is 0 Å². The maximum Gasteiger partial charge on any atom is 0.311 e. The molecule has 116 valence electrons. The van der Waals surface area contributed by atoms with Crippen molar-refractivity contribution in [2.45, 2.75) is 26.4 Å². The SMILES string of the molecule is Cc1cc(NC(=O)C(C)OC(=O)Cc2ccccc2Cl)no1. The standard InChI is InChI=1S/C15H15ClN2O4/c1-9-7-13(18-22-9)17-15(20)10(2)21-14(19)8-11-5-3-4-6-12(11)16/h3-7,10H,8H2,1-2H3,(H,17,18,20). The molecule has 7 heteroatoms. The highest BCUT2D eigenvalue weighted by Crippen LogP contribution is 2.16. The number of nitrogens with one attached hydrogen (secondary N) is 1. The molecule has 0 aliphatic carbocycles. The quantitative estimate of drug-likeness (QED) is 0.856. The van der Waals surface area contributed by atoms with Crippen molar-refractivity contribution in [2.24, 2.45) is 0 Å². The highest BCUT2D eigenvalue weighted by atomic mass is 35.5. The van der Waals surface area contributed by atoms with Crippen molar-refractivity contribution in [1.29, 1.82) is 0 Å². The van der Waals surface area contributed by atoms with Crippen molar-refractivity contribution in [3.05, 3.63) is 46.7 Å². The van der Waals surface area contributed by atoms with Gasteiger partial charge in [0.2, 0.25) is 0 Å². The summed E-state index contributed by atoms with van der Waals surface area (Å²) in [4.78, 5) is 23.7. The van der Waals surface area contributed by atoms with Gasteiger partial charge in [0.1, 0.15) is 5.76 Å². The summed E-state index contributed by atoms with van der Waals surface area (Å²) in [6.45, 7) is 3.18. The maximum atomic E-state index is 11.9. The van der Waals surface area contributed by atoms with Crippen molar-refractivity contribution < 1.29 is 18.8 Å². The predicted octanol–water partition coefficient (Wildman–Crippen LogP) is 2.75. The van der Waals surface area contributed by atoms with Crippen molar-refractivity contribution in [3.8, 4) is 0 Å². The average Bonchev–Trinajstić information content (AvgIpc) is 2.86. The van der Waals surface area contributed by atoms with Crippen molar-refractivity contribution in [1.82, 2.24) is 5.16 Å². The molecule has 0 fully saturated rings. The lowest BCUT2D eigenvalue weighted by atomic mass is 10.1. The summed E-state index contributed by atoms with van der Waals surface area (Å²) in [6, 6.07) is 8.53. The van der Waals surface area contributed by atoms with Gasteiger partial charge in [-0.2, -0.15) is 0 Å². The van der Waals surface area contributed by atoms with Gasteiger partial charge >= 0.3 is 5.97 Å². The molecule has 0 aliphatic rings. The second-order valence-corrected chi connectivity index (χ2v) is 5.12. The van der Waals surface area contributed by atoms with Gasteiger partial charge in [-0.3, -0.25) is 9.59 Å². The minimum atomic E-state index is -0.952. The molecular weight excluding hydrogens is 308 g/mol. The van der Waals surface area contributed by atoms with Crippen LogP contribution < -0.4 is 5.32 Å². The van der Waals surface area contributed by atoms with Crippen LogP contribution in [0.2, 0.25) is 5.02 Å². The lowest BCUT2D eigenvalue weighted by molar-refractivity contribution is -0.152. The molecule has 0 spiro atoms. The molecule has 0 radical (unpaired) electrons. The highest BCUT2D eigenvalue weighted by Gasteiger charge is 2.19. The van der Waals surface area contributed by atoms with Gasteiger partial charge in [0.05, 0.1) is 6.42 Å². The fourth-order valence-corrected chi connectivity index (χ4v) is 1.95. The largest absolute Gasteiger partial charge is 0.452 e. The Bertz CT molecular complexity index is 684. The summed E-state index contributed by atoms with van der Waals surface area (Å²) < 4.78 is 9.91. The number of aromatic nitrogens is 1. The van der Waals surface area contributed by atoms with Crippen LogP contribution in [0, 0.1) is 6.92 Å². The van der Waals surface area contributed by atoms with Gasteiger partial charge in [-0.1, -0.05) is 35.0 Å². The number of rotatable bonds is 5. The van der Waals surface area contributed by atoms with E-state index in [9.17, 15) is 9.59 Å². The number of esters is 1. The van der Waals surface area contributed by atoms with E-state index < -0.39 is 18.0 Å². The highest BCUT2D eigenvalue weighted by molar-refractivity contribution is 6.31. The number of halogens is 1. The first kappa shape index (κ1) is 16.0. The van der Waals surface area contributed by atoms with E-state index in [1.165, 1.54) is 6.92 Å². The Morgan fingerprint density at radius 2 is 2.14 bits per heavy atom. The third-order valence-electron chi connectivity index (χ3n) is 2.85. The van der Waals surface area contributed by atoms with E-state index in [1.807, 2.05) is 0 Å². The molecule has 1 unspecified atom stereocenters. The summed E-state index contributed by atoms with van der Waals surface area (Å²) >= 11 is 5.97. The van der Waals surface area contributed by atoms with Crippen LogP contribution in [0.1, 0.15) is 18.2 Å². The Kier molecular flexibility index (Phi) is 5.16. The van der Waals surface area contributed by atoms with E-state index in [0.717, 1.165) is 0 Å². The fourth-order valence-electron chi connectivity index (χ4n) is 1.74. The van der Waals surface area contributed by atoms with Crippen molar-refractivity contribution in [2.75, 3.05) is 5.32 Å². The predicted molar refractivity (Wildman–Crippen MR) is 80.6 cm³/mol. The summed E-state index contributed by atoms with van der Waals surface area (Å²) in [6.07, 6.45) is -0.951. The van der Waals surface area contributed by atoms with Crippen LogP contribution in [0.4, 0.5) is 5.82 Å². The van der Waals surface area contributed by atoms with E-state index in [4.69, 9.17) is 20.9 Å². The molecule has 2 rings (SSSR count). The monoisotopic (exact) mass is 322 g/mol. The number of hydrogen-bond donors (Lipinski definition) is 1. The van der Waals surface area contributed by atoms with Gasteiger partial charge in [0, 0.05) is 11.1 Å². The van der Waals surface area contributed by atoms with Gasteiger partial charge in [-0.25, -0.2) is 0 Å². The number of hydrogen-bond acceptors (Lipinski definition) is 5. The third-order valence-corrected chi connectivity index (χ3v) is 3.22. The number of nitrogens with zero attached hydrogens (tertiary/aromatic N) is 1. The zero-order valence-electron chi connectivity index (χ0n) is 12.1. The molecule has 1 N–H and O–H groups in total. The van der Waals surface area contributed by atoms with Gasteiger partial charge in [0.15, 0.2) is 11.9 Å². The van der Waals surface area contributed by atoms with E-state index >= 15 is 0 Å². The topological polar surface area (TPSA) is 81.4 Å². The minimum Gasteiger partial charge on any atom is -0.452 e. The van der Waals surface area contributed by atoms with Crippen LogP contribution in [0.5, 0.6) is 0 Å². The Balaban J connectivity index is 1.88. The number of anilines is 1. The van der Waals surface area contributed by atoms with Crippen LogP contribution in [0.15, 0.2) is 34.9 Å². The fraction of sp³-hybridized carbons (Fsp3) is 0.267. The molecule has 1 amide bonds. The first-order valence-corrected chi connectivity index (χ1v) is 7.00. The molecule has 0 bridgehead atoms. The number of benzene rings is 1. The van der Waals surface area contributed by atoms with Crippen LogP contribution in [0.25, 0.3) is 0 Å². The molecule has 0 aliphatic heterocycles. The Hall–Kier alpha value is -2.34. The van der Waals surface area contributed by atoms with E-state index in [0.29, 0.717) is 16.3 Å². The van der Waals surface area contributed by atoms with Crippen LogP contribution in [-0.2, 0) is 20.7 Å². The lowest BCUT2D eigenvalue weighted by Crippen LogP contribution is -2.30. The Labute approximate surface area is 132 Å². The van der Waals surface area contributed by atoms with Crippen molar-refractivity contribution in [3.63, 3.8) is 0 Å².